The lowest BCUT2D eigenvalue weighted by Crippen LogP contribution is -2.44. The lowest BCUT2D eigenvalue weighted by Gasteiger charge is -2.29. The largest absolute Gasteiger partial charge is 0.504 e. The number of hydrogen-bond donors (Lipinski definition) is 4. The SMILES string of the molecule is CCc1ncn(-c2ccc(C(=O)NC3C4CCC3N(c3ncc(Cl)c(C(=N)N)c3O)C4)c(Cl)c2)n1. The second kappa shape index (κ2) is 9.01. The quantitative estimate of drug-likeness (QED) is 0.292. The van der Waals surface area contributed by atoms with Gasteiger partial charge < -0.3 is 21.1 Å². The number of fused-ring (bicyclic) bond motifs is 2. The first-order valence-corrected chi connectivity index (χ1v) is 12.0. The summed E-state index contributed by atoms with van der Waals surface area (Å²) in [6.45, 7) is 2.58. The third-order valence-corrected chi connectivity index (χ3v) is 7.33. The monoisotopic (exact) mass is 514 g/mol. The fourth-order valence-corrected chi connectivity index (χ4v) is 5.54. The lowest BCUT2D eigenvalue weighted by atomic mass is 10.1. The smallest absolute Gasteiger partial charge is 0.253 e. The summed E-state index contributed by atoms with van der Waals surface area (Å²) < 4.78 is 1.63. The molecule has 3 atom stereocenters. The number of halogens is 2. The molecule has 12 heteroatoms. The summed E-state index contributed by atoms with van der Waals surface area (Å²) in [5.41, 5.74) is 6.75. The normalized spacial score (nSPS) is 20.9. The molecule has 2 aliphatic rings. The molecule has 2 fully saturated rings. The number of pyridine rings is 1. The summed E-state index contributed by atoms with van der Waals surface area (Å²) >= 11 is 12.6. The van der Waals surface area contributed by atoms with E-state index < -0.39 is 0 Å². The van der Waals surface area contributed by atoms with E-state index in [1.54, 1.807) is 29.2 Å². The van der Waals surface area contributed by atoms with Gasteiger partial charge in [-0.1, -0.05) is 30.1 Å². The van der Waals surface area contributed by atoms with Crippen LogP contribution >= 0.6 is 23.2 Å². The maximum atomic E-state index is 13.2. The van der Waals surface area contributed by atoms with Crippen LogP contribution in [0.3, 0.4) is 0 Å². The van der Waals surface area contributed by atoms with Crippen LogP contribution in [-0.2, 0) is 6.42 Å². The van der Waals surface area contributed by atoms with E-state index in [1.807, 2.05) is 11.8 Å². The molecule has 3 heterocycles. The summed E-state index contributed by atoms with van der Waals surface area (Å²) in [7, 11) is 0. The summed E-state index contributed by atoms with van der Waals surface area (Å²) in [6.07, 6.45) is 5.49. The molecule has 5 rings (SSSR count). The number of nitrogens with one attached hydrogen (secondary N) is 2. The zero-order valence-electron chi connectivity index (χ0n) is 18.9. The van der Waals surface area contributed by atoms with Gasteiger partial charge >= 0.3 is 0 Å². The zero-order valence-corrected chi connectivity index (χ0v) is 20.4. The van der Waals surface area contributed by atoms with Gasteiger partial charge in [-0.2, -0.15) is 5.10 Å². The first kappa shape index (κ1) is 23.4. The number of benzene rings is 1. The molecule has 1 saturated heterocycles. The van der Waals surface area contributed by atoms with E-state index in [0.717, 1.165) is 30.8 Å². The third-order valence-electron chi connectivity index (χ3n) is 6.73. The predicted octanol–water partition coefficient (Wildman–Crippen LogP) is 2.92. The van der Waals surface area contributed by atoms with Gasteiger partial charge in [-0.15, -0.1) is 0 Å². The molecule has 35 heavy (non-hydrogen) atoms. The lowest BCUT2D eigenvalue weighted by molar-refractivity contribution is 0.0932. The van der Waals surface area contributed by atoms with Crippen LogP contribution in [0.4, 0.5) is 5.82 Å². The van der Waals surface area contributed by atoms with Crippen molar-refractivity contribution < 1.29 is 9.90 Å². The molecule has 2 aromatic heterocycles. The number of amides is 1. The number of nitrogen functional groups attached to an aromatic ring is 1. The Morgan fingerprint density at radius 3 is 2.77 bits per heavy atom. The Balaban J connectivity index is 1.35. The minimum absolute atomic E-state index is 0.0605. The number of carbonyl (C=O) groups excluding carboxylic acids is 1. The Kier molecular flexibility index (Phi) is 6.02. The van der Waals surface area contributed by atoms with Gasteiger partial charge in [-0.25, -0.2) is 14.6 Å². The molecule has 0 spiro atoms. The third kappa shape index (κ3) is 4.06. The Morgan fingerprint density at radius 2 is 2.09 bits per heavy atom. The second-order valence-electron chi connectivity index (χ2n) is 8.75. The molecule has 1 saturated carbocycles. The molecule has 1 aliphatic carbocycles. The van der Waals surface area contributed by atoms with Crippen LogP contribution in [-0.4, -0.2) is 55.2 Å². The minimum atomic E-state index is -0.333. The van der Waals surface area contributed by atoms with Gasteiger partial charge in [-0.3, -0.25) is 10.2 Å². The fourth-order valence-electron chi connectivity index (χ4n) is 5.04. The van der Waals surface area contributed by atoms with Crippen LogP contribution in [0.2, 0.25) is 10.0 Å². The molecule has 3 aromatic rings. The standard InChI is InChI=1S/C23H24Cl2N8O2/c1-2-17-29-10-33(31-17)12-4-5-13(14(24)7-12)23(35)30-19-11-3-6-16(19)32(9-11)22-20(34)18(21(26)27)15(25)8-28-22/h4-5,7-8,10-11,16,19,34H,2-3,6,9H2,1H3,(H3,26,27)(H,30,35). The van der Waals surface area contributed by atoms with Gasteiger partial charge in [0.25, 0.3) is 5.91 Å². The summed E-state index contributed by atoms with van der Waals surface area (Å²) in [6, 6.07) is 4.95. The maximum absolute atomic E-state index is 13.2. The van der Waals surface area contributed by atoms with Crippen molar-refractivity contribution in [2.75, 3.05) is 11.4 Å². The highest BCUT2D eigenvalue weighted by atomic mass is 35.5. The van der Waals surface area contributed by atoms with Gasteiger partial charge in [0.2, 0.25) is 0 Å². The number of aromatic hydroxyl groups is 1. The van der Waals surface area contributed by atoms with Crippen molar-refractivity contribution in [3.63, 3.8) is 0 Å². The number of nitrogens with two attached hydrogens (primary N) is 1. The van der Waals surface area contributed by atoms with Crippen molar-refractivity contribution >= 4 is 40.8 Å². The van der Waals surface area contributed by atoms with Crippen LogP contribution in [0.5, 0.6) is 5.75 Å². The van der Waals surface area contributed by atoms with E-state index in [2.05, 4.69) is 20.4 Å². The van der Waals surface area contributed by atoms with Crippen LogP contribution in [0.15, 0.2) is 30.7 Å². The van der Waals surface area contributed by atoms with Gasteiger partial charge in [0.15, 0.2) is 17.4 Å². The highest BCUT2D eigenvalue weighted by Crippen LogP contribution is 2.44. The number of amidine groups is 1. The van der Waals surface area contributed by atoms with Gasteiger partial charge in [0.05, 0.1) is 38.9 Å². The zero-order chi connectivity index (χ0) is 24.9. The molecule has 0 radical (unpaired) electrons. The van der Waals surface area contributed by atoms with Crippen LogP contribution in [0, 0.1) is 11.3 Å². The molecular weight excluding hydrogens is 491 g/mol. The molecule has 3 unspecified atom stereocenters. The Hall–Kier alpha value is -3.37. The molecule has 1 amide bonds. The number of carbonyl (C=O) groups is 1. The van der Waals surface area contributed by atoms with Crippen molar-refractivity contribution in [2.24, 2.45) is 11.7 Å². The van der Waals surface area contributed by atoms with E-state index in [-0.39, 0.29) is 46.1 Å². The van der Waals surface area contributed by atoms with Crippen molar-refractivity contribution in [3.05, 3.63) is 57.7 Å². The number of nitrogens with zero attached hydrogens (tertiary/aromatic N) is 5. The summed E-state index contributed by atoms with van der Waals surface area (Å²) in [5.74, 6) is 0.396. The average molecular weight is 515 g/mol. The molecule has 182 valence electrons. The van der Waals surface area contributed by atoms with Gasteiger partial charge in [0, 0.05) is 19.2 Å². The number of aryl methyl sites for hydroxylation is 1. The Morgan fingerprint density at radius 1 is 1.29 bits per heavy atom. The van der Waals surface area contributed by atoms with Crippen molar-refractivity contribution in [2.45, 2.75) is 38.3 Å². The maximum Gasteiger partial charge on any atom is 0.253 e. The number of piperidine rings is 1. The molecule has 2 bridgehead atoms. The molecule has 1 aliphatic heterocycles. The molecule has 10 nitrogen and oxygen atoms in total. The average Bonchev–Trinajstić information content (AvgIpc) is 3.54. The van der Waals surface area contributed by atoms with Gasteiger partial charge in [0.1, 0.15) is 12.2 Å². The van der Waals surface area contributed by atoms with Crippen LogP contribution < -0.4 is 16.0 Å². The molecular formula is C23H24Cl2N8O2. The van der Waals surface area contributed by atoms with Crippen molar-refractivity contribution in [1.29, 1.82) is 5.41 Å². The van der Waals surface area contributed by atoms with E-state index in [1.165, 1.54) is 6.20 Å². The minimum Gasteiger partial charge on any atom is -0.504 e. The first-order chi connectivity index (χ1) is 16.8. The fraction of sp³-hybridized carbons (Fsp3) is 0.348. The van der Waals surface area contributed by atoms with Crippen molar-refractivity contribution in [1.82, 2.24) is 25.1 Å². The summed E-state index contributed by atoms with van der Waals surface area (Å²) in [4.78, 5) is 23.6. The summed E-state index contributed by atoms with van der Waals surface area (Å²) in [5, 5.41) is 26.4. The van der Waals surface area contributed by atoms with E-state index >= 15 is 0 Å². The highest BCUT2D eigenvalue weighted by molar-refractivity contribution is 6.34. The predicted molar refractivity (Wildman–Crippen MR) is 133 cm³/mol. The number of rotatable bonds is 6. The second-order valence-corrected chi connectivity index (χ2v) is 9.56. The highest BCUT2D eigenvalue weighted by Gasteiger charge is 2.49. The Labute approximate surface area is 211 Å². The Bertz CT molecular complexity index is 1330. The van der Waals surface area contributed by atoms with E-state index in [9.17, 15) is 9.90 Å². The number of anilines is 1. The van der Waals surface area contributed by atoms with Gasteiger partial charge in [-0.05, 0) is 37.0 Å². The van der Waals surface area contributed by atoms with Crippen LogP contribution in [0.1, 0.15) is 41.5 Å². The van der Waals surface area contributed by atoms with E-state index in [0.29, 0.717) is 22.9 Å². The number of aromatic nitrogens is 4. The van der Waals surface area contributed by atoms with Crippen molar-refractivity contribution in [3.8, 4) is 11.4 Å². The number of hydrogen-bond acceptors (Lipinski definition) is 7. The first-order valence-electron chi connectivity index (χ1n) is 11.3. The van der Waals surface area contributed by atoms with Crippen LogP contribution in [0.25, 0.3) is 5.69 Å². The molecule has 5 N–H and O–H groups in total. The topological polar surface area (TPSA) is 146 Å². The molecule has 1 aromatic carbocycles. The van der Waals surface area contributed by atoms with E-state index in [4.69, 9.17) is 34.3 Å².